The Morgan fingerprint density at radius 3 is 2.60 bits per heavy atom. The summed E-state index contributed by atoms with van der Waals surface area (Å²) >= 11 is 1.66. The number of hydrogen-bond donors (Lipinski definition) is 0. The lowest BCUT2D eigenvalue weighted by molar-refractivity contribution is 0.122. The van der Waals surface area contributed by atoms with Crippen LogP contribution in [0.15, 0.2) is 53.7 Å². The largest absolute Gasteiger partial charge is 0.494 e. The summed E-state index contributed by atoms with van der Waals surface area (Å²) < 4.78 is 26.3. The van der Waals surface area contributed by atoms with E-state index >= 15 is 0 Å². The molecule has 2 heterocycles. The van der Waals surface area contributed by atoms with Gasteiger partial charge in [0.15, 0.2) is 5.16 Å². The number of hydrogen-bond acceptors (Lipinski definition) is 6. The van der Waals surface area contributed by atoms with Gasteiger partial charge in [-0.25, -0.2) is 4.39 Å². The number of benzene rings is 2. The van der Waals surface area contributed by atoms with Gasteiger partial charge in [0.2, 0.25) is 5.95 Å². The van der Waals surface area contributed by atoms with Crippen LogP contribution in [-0.2, 0) is 4.74 Å². The zero-order valence-corrected chi connectivity index (χ0v) is 17.8. The number of rotatable bonds is 8. The van der Waals surface area contributed by atoms with E-state index in [1.54, 1.807) is 23.9 Å². The molecule has 158 valence electrons. The summed E-state index contributed by atoms with van der Waals surface area (Å²) in [6, 6.07) is 14.4. The quantitative estimate of drug-likeness (QED) is 0.398. The van der Waals surface area contributed by atoms with Crippen LogP contribution in [0.5, 0.6) is 5.75 Å². The number of thioether (sulfide) groups is 1. The van der Waals surface area contributed by atoms with Gasteiger partial charge in [0.25, 0.3) is 0 Å². The standard InChI is InChI=1S/C22H25FN4O2S/c1-17-5-2-3-6-20(17)27-21(26-11-14-28-15-12-26)24-25-22(27)30-16-4-13-29-19-9-7-18(23)8-10-19/h2-3,5-10H,4,11-16H2,1H3. The molecule has 3 aromatic rings. The number of para-hydroxylation sites is 1. The Morgan fingerprint density at radius 1 is 1.07 bits per heavy atom. The van der Waals surface area contributed by atoms with Crippen LogP contribution in [0.2, 0.25) is 0 Å². The lowest BCUT2D eigenvalue weighted by atomic mass is 10.2. The van der Waals surface area contributed by atoms with Gasteiger partial charge in [0, 0.05) is 18.8 Å². The van der Waals surface area contributed by atoms with Crippen molar-refractivity contribution in [2.75, 3.05) is 43.6 Å². The highest BCUT2D eigenvalue weighted by atomic mass is 32.2. The fourth-order valence-electron chi connectivity index (χ4n) is 3.29. The van der Waals surface area contributed by atoms with E-state index in [1.165, 1.54) is 17.7 Å². The fraction of sp³-hybridized carbons (Fsp3) is 0.364. The zero-order chi connectivity index (χ0) is 20.8. The van der Waals surface area contributed by atoms with Crippen molar-refractivity contribution in [2.24, 2.45) is 0 Å². The first kappa shape index (κ1) is 20.7. The van der Waals surface area contributed by atoms with E-state index in [0.29, 0.717) is 25.6 Å². The molecule has 2 aromatic carbocycles. The molecule has 0 bridgehead atoms. The van der Waals surface area contributed by atoms with E-state index in [9.17, 15) is 4.39 Å². The Morgan fingerprint density at radius 2 is 1.83 bits per heavy atom. The average Bonchev–Trinajstić information content (AvgIpc) is 3.19. The predicted octanol–water partition coefficient (Wildman–Crippen LogP) is 4.11. The van der Waals surface area contributed by atoms with Crippen molar-refractivity contribution in [3.63, 3.8) is 0 Å². The molecular weight excluding hydrogens is 403 g/mol. The van der Waals surface area contributed by atoms with Crippen molar-refractivity contribution in [1.82, 2.24) is 14.8 Å². The van der Waals surface area contributed by atoms with Gasteiger partial charge in [0.05, 0.1) is 25.5 Å². The van der Waals surface area contributed by atoms with Gasteiger partial charge in [-0.05, 0) is 49.2 Å². The fourth-order valence-corrected chi connectivity index (χ4v) is 4.14. The number of morpholine rings is 1. The topological polar surface area (TPSA) is 52.4 Å². The van der Waals surface area contributed by atoms with Crippen LogP contribution in [0.1, 0.15) is 12.0 Å². The van der Waals surface area contributed by atoms with Crippen LogP contribution in [0, 0.1) is 12.7 Å². The maximum absolute atomic E-state index is 13.0. The maximum Gasteiger partial charge on any atom is 0.232 e. The summed E-state index contributed by atoms with van der Waals surface area (Å²) in [6.07, 6.45) is 0.843. The summed E-state index contributed by atoms with van der Waals surface area (Å²) in [5.74, 6) is 2.12. The molecule has 6 nitrogen and oxygen atoms in total. The SMILES string of the molecule is Cc1ccccc1-n1c(SCCCOc2ccc(F)cc2)nnc1N1CCOCC1. The maximum atomic E-state index is 13.0. The second kappa shape index (κ2) is 9.95. The molecule has 0 atom stereocenters. The second-order valence-corrected chi connectivity index (χ2v) is 8.07. The molecule has 0 amide bonds. The molecule has 0 unspecified atom stereocenters. The van der Waals surface area contributed by atoms with Crippen molar-refractivity contribution in [2.45, 2.75) is 18.5 Å². The third kappa shape index (κ3) is 4.94. The minimum absolute atomic E-state index is 0.260. The zero-order valence-electron chi connectivity index (χ0n) is 17.0. The lowest BCUT2D eigenvalue weighted by Gasteiger charge is -2.28. The molecule has 1 aliphatic heterocycles. The lowest BCUT2D eigenvalue weighted by Crippen LogP contribution is -2.38. The molecule has 1 fully saturated rings. The van der Waals surface area contributed by atoms with Crippen LogP contribution in [0.3, 0.4) is 0 Å². The number of ether oxygens (including phenoxy) is 2. The number of halogens is 1. The molecule has 30 heavy (non-hydrogen) atoms. The number of nitrogens with zero attached hydrogens (tertiary/aromatic N) is 4. The van der Waals surface area contributed by atoms with Gasteiger partial charge in [-0.15, -0.1) is 10.2 Å². The minimum Gasteiger partial charge on any atom is -0.494 e. The number of anilines is 1. The second-order valence-electron chi connectivity index (χ2n) is 7.01. The van der Waals surface area contributed by atoms with Crippen molar-refractivity contribution in [3.05, 3.63) is 59.9 Å². The van der Waals surface area contributed by atoms with E-state index < -0.39 is 0 Å². The summed E-state index contributed by atoms with van der Waals surface area (Å²) in [6.45, 7) is 5.67. The third-order valence-corrected chi connectivity index (χ3v) is 5.88. The normalized spacial score (nSPS) is 14.1. The van der Waals surface area contributed by atoms with Crippen LogP contribution in [-0.4, -0.2) is 53.4 Å². The van der Waals surface area contributed by atoms with Gasteiger partial charge in [-0.3, -0.25) is 4.57 Å². The van der Waals surface area contributed by atoms with Gasteiger partial charge in [-0.2, -0.15) is 0 Å². The molecular formula is C22H25FN4O2S. The van der Waals surface area contributed by atoms with Crippen LogP contribution < -0.4 is 9.64 Å². The Kier molecular flexibility index (Phi) is 6.86. The van der Waals surface area contributed by atoms with Crippen LogP contribution in [0.25, 0.3) is 5.69 Å². The van der Waals surface area contributed by atoms with Crippen LogP contribution in [0.4, 0.5) is 10.3 Å². The minimum atomic E-state index is -0.260. The van der Waals surface area contributed by atoms with Crippen LogP contribution >= 0.6 is 11.8 Å². The molecule has 1 aromatic heterocycles. The summed E-state index contributed by atoms with van der Waals surface area (Å²) in [5, 5.41) is 9.86. The van der Waals surface area contributed by atoms with Gasteiger partial charge >= 0.3 is 0 Å². The van der Waals surface area contributed by atoms with Crippen molar-refractivity contribution >= 4 is 17.7 Å². The van der Waals surface area contributed by atoms with E-state index in [2.05, 4.69) is 38.7 Å². The summed E-state index contributed by atoms with van der Waals surface area (Å²) in [7, 11) is 0. The summed E-state index contributed by atoms with van der Waals surface area (Å²) in [4.78, 5) is 2.23. The molecule has 8 heteroatoms. The van der Waals surface area contributed by atoms with E-state index in [4.69, 9.17) is 9.47 Å². The van der Waals surface area contributed by atoms with Gasteiger partial charge in [0.1, 0.15) is 11.6 Å². The van der Waals surface area contributed by atoms with Crippen molar-refractivity contribution < 1.29 is 13.9 Å². The number of aromatic nitrogens is 3. The molecule has 0 aliphatic carbocycles. The van der Waals surface area contributed by atoms with E-state index in [-0.39, 0.29) is 5.82 Å². The monoisotopic (exact) mass is 428 g/mol. The third-order valence-electron chi connectivity index (χ3n) is 4.87. The van der Waals surface area contributed by atoms with Gasteiger partial charge in [-0.1, -0.05) is 30.0 Å². The molecule has 0 N–H and O–H groups in total. The molecule has 0 spiro atoms. The van der Waals surface area contributed by atoms with Crippen molar-refractivity contribution in [3.8, 4) is 11.4 Å². The highest BCUT2D eigenvalue weighted by Gasteiger charge is 2.22. The summed E-state index contributed by atoms with van der Waals surface area (Å²) in [5.41, 5.74) is 2.27. The molecule has 1 saturated heterocycles. The highest BCUT2D eigenvalue weighted by molar-refractivity contribution is 7.99. The molecule has 0 radical (unpaired) electrons. The van der Waals surface area contributed by atoms with E-state index in [0.717, 1.165) is 42.1 Å². The highest BCUT2D eigenvalue weighted by Crippen LogP contribution is 2.29. The predicted molar refractivity (Wildman–Crippen MR) is 116 cm³/mol. The first-order chi connectivity index (χ1) is 14.7. The molecule has 1 aliphatic rings. The Bertz CT molecular complexity index is 958. The van der Waals surface area contributed by atoms with E-state index in [1.807, 2.05) is 12.1 Å². The first-order valence-corrected chi connectivity index (χ1v) is 11.1. The first-order valence-electron chi connectivity index (χ1n) is 10.1. The number of aryl methyl sites for hydroxylation is 1. The van der Waals surface area contributed by atoms with Gasteiger partial charge < -0.3 is 14.4 Å². The average molecular weight is 429 g/mol. The Balaban J connectivity index is 1.44. The molecule has 0 saturated carbocycles. The van der Waals surface area contributed by atoms with Crippen molar-refractivity contribution in [1.29, 1.82) is 0 Å². The Labute approximate surface area is 180 Å². The Hall–Kier alpha value is -2.58. The molecule has 4 rings (SSSR count). The smallest absolute Gasteiger partial charge is 0.232 e.